The van der Waals surface area contributed by atoms with Gasteiger partial charge in [-0.1, -0.05) is 13.3 Å². The monoisotopic (exact) mass is 342 g/mol. The topological polar surface area (TPSA) is 33.1 Å². The predicted octanol–water partition coefficient (Wildman–Crippen LogP) is 3.50. The van der Waals surface area contributed by atoms with Crippen LogP contribution in [-0.2, 0) is 19.5 Å². The molecule has 20 heavy (non-hydrogen) atoms. The van der Waals surface area contributed by atoms with Crippen LogP contribution in [0.15, 0.2) is 4.47 Å². The maximum atomic E-state index is 4.66. The molecule has 2 heterocycles. The number of aryl methyl sites for hydroxylation is 2. The highest BCUT2D eigenvalue weighted by molar-refractivity contribution is 9.10. The van der Waals surface area contributed by atoms with Crippen molar-refractivity contribution in [3.8, 4) is 0 Å². The van der Waals surface area contributed by atoms with Crippen molar-refractivity contribution in [3.63, 3.8) is 0 Å². The van der Waals surface area contributed by atoms with Gasteiger partial charge in [-0.2, -0.15) is 5.10 Å². The summed E-state index contributed by atoms with van der Waals surface area (Å²) < 4.78 is 3.28. The molecule has 2 unspecified atom stereocenters. The zero-order valence-corrected chi connectivity index (χ0v) is 14.7. The number of hydrogen-bond acceptors (Lipinski definition) is 3. The molecule has 0 spiro atoms. The summed E-state index contributed by atoms with van der Waals surface area (Å²) in [5.74, 6) is 0. The van der Waals surface area contributed by atoms with Crippen LogP contribution >= 0.6 is 15.9 Å². The zero-order chi connectivity index (χ0) is 14.7. The lowest BCUT2D eigenvalue weighted by Gasteiger charge is -2.39. The molecule has 1 N–H and O–H groups in total. The number of nitrogens with zero attached hydrogens (tertiary/aromatic N) is 3. The maximum absolute atomic E-state index is 4.66. The first-order chi connectivity index (χ1) is 9.58. The second kappa shape index (κ2) is 7.05. The average molecular weight is 343 g/mol. The van der Waals surface area contributed by atoms with E-state index in [-0.39, 0.29) is 0 Å². The molecule has 1 aromatic rings. The number of hydrogen-bond donors (Lipinski definition) is 1. The Kier molecular flexibility index (Phi) is 5.64. The van der Waals surface area contributed by atoms with Gasteiger partial charge in [0.2, 0.25) is 0 Å². The third-order valence-electron chi connectivity index (χ3n) is 4.32. The van der Waals surface area contributed by atoms with Gasteiger partial charge in [-0.15, -0.1) is 0 Å². The first kappa shape index (κ1) is 16.0. The first-order valence-corrected chi connectivity index (χ1v) is 8.63. The van der Waals surface area contributed by atoms with Crippen LogP contribution in [0.3, 0.4) is 0 Å². The predicted molar refractivity (Wildman–Crippen MR) is 86.4 cm³/mol. The molecule has 2 atom stereocenters. The van der Waals surface area contributed by atoms with Gasteiger partial charge in [0.1, 0.15) is 0 Å². The highest BCUT2D eigenvalue weighted by atomic mass is 79.9. The second-order valence-electron chi connectivity index (χ2n) is 5.75. The molecule has 2 rings (SSSR count). The molecule has 0 amide bonds. The van der Waals surface area contributed by atoms with Crippen molar-refractivity contribution in [2.75, 3.05) is 0 Å². The lowest BCUT2D eigenvalue weighted by Crippen LogP contribution is -2.51. The van der Waals surface area contributed by atoms with Gasteiger partial charge in [-0.25, -0.2) is 10.4 Å². The Morgan fingerprint density at radius 2 is 1.90 bits per heavy atom. The normalized spacial score (nSPS) is 24.2. The van der Waals surface area contributed by atoms with Crippen LogP contribution in [0.1, 0.15) is 58.3 Å². The largest absolute Gasteiger partial charge is 0.267 e. The van der Waals surface area contributed by atoms with Crippen LogP contribution in [0, 0.1) is 0 Å². The summed E-state index contributed by atoms with van der Waals surface area (Å²) in [5.41, 5.74) is 6.05. The summed E-state index contributed by atoms with van der Waals surface area (Å²) in [4.78, 5) is 0. The molecule has 1 aliphatic rings. The van der Waals surface area contributed by atoms with Crippen molar-refractivity contribution in [2.45, 2.75) is 78.6 Å². The maximum Gasteiger partial charge on any atom is 0.0767 e. The van der Waals surface area contributed by atoms with E-state index in [1.807, 2.05) is 0 Å². The lowest BCUT2D eigenvalue weighted by atomic mass is 10.00. The number of nitrogens with one attached hydrogen (secondary N) is 1. The van der Waals surface area contributed by atoms with Gasteiger partial charge in [-0.3, -0.25) is 4.68 Å². The molecule has 0 aromatic carbocycles. The second-order valence-corrected chi connectivity index (χ2v) is 6.54. The summed E-state index contributed by atoms with van der Waals surface area (Å²) in [6.45, 7) is 10.7. The van der Waals surface area contributed by atoms with E-state index in [9.17, 15) is 0 Å². The zero-order valence-electron chi connectivity index (χ0n) is 13.1. The Morgan fingerprint density at radius 1 is 1.25 bits per heavy atom. The molecule has 1 fully saturated rings. The number of piperidine rings is 1. The molecule has 1 aliphatic heterocycles. The highest BCUT2D eigenvalue weighted by Gasteiger charge is 2.25. The van der Waals surface area contributed by atoms with E-state index in [4.69, 9.17) is 0 Å². The Hall–Kier alpha value is -0.390. The van der Waals surface area contributed by atoms with Crippen LogP contribution in [0.5, 0.6) is 0 Å². The molecule has 4 nitrogen and oxygen atoms in total. The van der Waals surface area contributed by atoms with Gasteiger partial charge in [0.25, 0.3) is 0 Å². The molecule has 5 heteroatoms. The summed E-state index contributed by atoms with van der Waals surface area (Å²) >= 11 is 3.72. The molecule has 0 aliphatic carbocycles. The fourth-order valence-corrected chi connectivity index (χ4v) is 3.79. The van der Waals surface area contributed by atoms with Gasteiger partial charge in [-0.05, 0) is 56.0 Å². The van der Waals surface area contributed by atoms with Crippen molar-refractivity contribution < 1.29 is 0 Å². The number of aromatic nitrogens is 2. The average Bonchev–Trinajstić information content (AvgIpc) is 2.74. The summed E-state index contributed by atoms with van der Waals surface area (Å²) in [6.07, 6.45) is 4.88. The van der Waals surface area contributed by atoms with Gasteiger partial charge in [0.05, 0.1) is 22.4 Å². The summed E-state index contributed by atoms with van der Waals surface area (Å²) in [7, 11) is 0. The van der Waals surface area contributed by atoms with E-state index in [1.54, 1.807) is 0 Å². The van der Waals surface area contributed by atoms with Crippen molar-refractivity contribution in [1.29, 1.82) is 0 Å². The van der Waals surface area contributed by atoms with Crippen molar-refractivity contribution in [3.05, 3.63) is 15.9 Å². The Bertz CT molecular complexity index is 433. The smallest absolute Gasteiger partial charge is 0.0767 e. The quantitative estimate of drug-likeness (QED) is 0.888. The van der Waals surface area contributed by atoms with Gasteiger partial charge >= 0.3 is 0 Å². The minimum Gasteiger partial charge on any atom is -0.267 e. The van der Waals surface area contributed by atoms with E-state index in [1.165, 1.54) is 29.4 Å². The molecule has 114 valence electrons. The van der Waals surface area contributed by atoms with Crippen LogP contribution in [0.2, 0.25) is 0 Å². The third-order valence-corrected chi connectivity index (χ3v) is 5.23. The standard InChI is InChI=1S/C15H27BrN4/c1-5-13-15(16)14(19(6-2)18-13)10-17-20-11(3)8-7-9-12(20)4/h11-12,17H,5-10H2,1-4H3. The van der Waals surface area contributed by atoms with Gasteiger partial charge in [0.15, 0.2) is 0 Å². The Labute approximate surface area is 131 Å². The highest BCUT2D eigenvalue weighted by Crippen LogP contribution is 2.24. The first-order valence-electron chi connectivity index (χ1n) is 7.84. The van der Waals surface area contributed by atoms with Gasteiger partial charge in [0, 0.05) is 18.6 Å². The SMILES string of the molecule is CCc1nn(CC)c(CNN2C(C)CCCC2C)c1Br. The van der Waals surface area contributed by atoms with Crippen molar-refractivity contribution in [2.24, 2.45) is 0 Å². The fraction of sp³-hybridized carbons (Fsp3) is 0.800. The molecule has 0 bridgehead atoms. The summed E-state index contributed by atoms with van der Waals surface area (Å²) in [6, 6.07) is 1.22. The van der Waals surface area contributed by atoms with Gasteiger partial charge < -0.3 is 0 Å². The Morgan fingerprint density at radius 3 is 2.45 bits per heavy atom. The summed E-state index contributed by atoms with van der Waals surface area (Å²) in [5, 5.41) is 7.08. The third kappa shape index (κ3) is 3.26. The van der Waals surface area contributed by atoms with Crippen LogP contribution in [-0.4, -0.2) is 26.9 Å². The lowest BCUT2D eigenvalue weighted by molar-refractivity contribution is 0.0425. The molecular weight excluding hydrogens is 316 g/mol. The minimum atomic E-state index is 0.612. The number of rotatable bonds is 5. The van der Waals surface area contributed by atoms with E-state index in [0.717, 1.165) is 25.2 Å². The molecule has 0 radical (unpaired) electrons. The van der Waals surface area contributed by atoms with E-state index < -0.39 is 0 Å². The van der Waals surface area contributed by atoms with E-state index in [0.29, 0.717) is 12.1 Å². The van der Waals surface area contributed by atoms with Crippen molar-refractivity contribution in [1.82, 2.24) is 20.2 Å². The molecular formula is C15H27BrN4. The molecule has 0 saturated carbocycles. The number of hydrazine groups is 1. The van der Waals surface area contributed by atoms with Crippen molar-refractivity contribution >= 4 is 15.9 Å². The van der Waals surface area contributed by atoms with Crippen LogP contribution in [0.4, 0.5) is 0 Å². The van der Waals surface area contributed by atoms with Crippen LogP contribution in [0.25, 0.3) is 0 Å². The van der Waals surface area contributed by atoms with E-state index >= 15 is 0 Å². The minimum absolute atomic E-state index is 0.612. The Balaban J connectivity index is 2.08. The number of halogens is 1. The van der Waals surface area contributed by atoms with E-state index in [2.05, 4.69) is 63.8 Å². The molecule has 1 aromatic heterocycles. The fourth-order valence-electron chi connectivity index (χ4n) is 3.09. The molecule has 1 saturated heterocycles. The van der Waals surface area contributed by atoms with Crippen LogP contribution < -0.4 is 5.43 Å².